The molecule has 0 aromatic heterocycles. The van der Waals surface area contributed by atoms with Crippen molar-refractivity contribution in [3.63, 3.8) is 0 Å². The van der Waals surface area contributed by atoms with Crippen LogP contribution in [-0.2, 0) is 6.42 Å². The molecule has 22 heavy (non-hydrogen) atoms. The summed E-state index contributed by atoms with van der Waals surface area (Å²) in [4.78, 5) is 2.55. The first-order valence-electron chi connectivity index (χ1n) is 8.23. The van der Waals surface area contributed by atoms with Crippen molar-refractivity contribution in [1.82, 2.24) is 4.90 Å². The van der Waals surface area contributed by atoms with Crippen LogP contribution in [0, 0.1) is 0 Å². The summed E-state index contributed by atoms with van der Waals surface area (Å²) >= 11 is 0. The first-order valence-corrected chi connectivity index (χ1v) is 8.23. The van der Waals surface area contributed by atoms with Gasteiger partial charge in [0.1, 0.15) is 5.75 Å². The topological polar surface area (TPSA) is 29.6 Å². The molecule has 1 aromatic carbocycles. The maximum Gasteiger partial charge on any atom is 0.249 e. The van der Waals surface area contributed by atoms with Gasteiger partial charge in [0.25, 0.3) is 0 Å². The van der Waals surface area contributed by atoms with Crippen LogP contribution in [0.4, 0.5) is 0 Å². The summed E-state index contributed by atoms with van der Waals surface area (Å²) in [5.74, 6) is 0.922. The molecule has 5 rings (SSSR count). The van der Waals surface area contributed by atoms with Gasteiger partial charge in [-0.3, -0.25) is 9.58 Å². The molecule has 0 radical (unpaired) electrons. The normalized spacial score (nSPS) is 32.0. The van der Waals surface area contributed by atoms with E-state index in [1.54, 1.807) is 12.7 Å². The van der Waals surface area contributed by atoms with E-state index in [4.69, 9.17) is 10.2 Å². The molecule has 2 bridgehead atoms. The van der Waals surface area contributed by atoms with Crippen molar-refractivity contribution in [2.75, 3.05) is 14.2 Å². The van der Waals surface area contributed by atoms with E-state index in [0.717, 1.165) is 12.2 Å². The number of hydrogen-bond donors (Lipinski definition) is 0. The third-order valence-corrected chi connectivity index (χ3v) is 5.75. The summed E-state index contributed by atoms with van der Waals surface area (Å²) in [5, 5.41) is 0. The van der Waals surface area contributed by atoms with Gasteiger partial charge in [-0.15, -0.1) is 0 Å². The third kappa shape index (κ3) is 1.59. The SMILES string of the molecule is COc1ccc(CC2=[N+]3[N-]C4=C(C5CCCC4N5C)C23)cc1. The van der Waals surface area contributed by atoms with E-state index in [2.05, 4.69) is 28.8 Å². The molecule has 0 aliphatic carbocycles. The number of likely N-dealkylation sites (N-methyl/N-ethyl adjacent to an activating group) is 1. The number of methoxy groups -OCH3 is 1. The minimum absolute atomic E-state index is 0.507. The van der Waals surface area contributed by atoms with E-state index in [1.807, 2.05) is 12.1 Å². The van der Waals surface area contributed by atoms with Crippen LogP contribution in [0.25, 0.3) is 5.43 Å². The minimum atomic E-state index is 0.507. The Morgan fingerprint density at radius 3 is 2.77 bits per heavy atom. The van der Waals surface area contributed by atoms with E-state index in [-0.39, 0.29) is 0 Å². The van der Waals surface area contributed by atoms with Crippen LogP contribution in [0.2, 0.25) is 0 Å². The van der Waals surface area contributed by atoms with Crippen LogP contribution in [0.3, 0.4) is 0 Å². The van der Waals surface area contributed by atoms with Gasteiger partial charge in [-0.1, -0.05) is 17.8 Å². The van der Waals surface area contributed by atoms with Crippen molar-refractivity contribution in [2.45, 2.75) is 43.8 Å². The fourth-order valence-electron chi connectivity index (χ4n) is 4.55. The number of nitrogens with zero attached hydrogens (tertiary/aromatic N) is 3. The van der Waals surface area contributed by atoms with E-state index < -0.39 is 0 Å². The summed E-state index contributed by atoms with van der Waals surface area (Å²) in [7, 11) is 3.99. The highest BCUT2D eigenvalue weighted by Gasteiger charge is 2.58. The lowest BCUT2D eigenvalue weighted by Crippen LogP contribution is -2.40. The van der Waals surface area contributed by atoms with Crippen LogP contribution < -0.4 is 4.74 Å². The van der Waals surface area contributed by atoms with Gasteiger partial charge in [0.2, 0.25) is 11.8 Å². The second-order valence-electron chi connectivity index (χ2n) is 6.83. The number of fused-ring (bicyclic) bond motifs is 6. The van der Waals surface area contributed by atoms with Gasteiger partial charge in [-0.05, 0) is 44.0 Å². The molecule has 4 aliphatic heterocycles. The molecular weight excluding hydrogens is 274 g/mol. The predicted molar refractivity (Wildman–Crippen MR) is 85.3 cm³/mol. The Balaban J connectivity index is 1.36. The highest BCUT2D eigenvalue weighted by Crippen LogP contribution is 2.51. The van der Waals surface area contributed by atoms with Crippen molar-refractivity contribution >= 4 is 5.71 Å². The number of piperidine rings is 1. The molecule has 4 nitrogen and oxygen atoms in total. The van der Waals surface area contributed by atoms with Crippen LogP contribution in [0.5, 0.6) is 5.75 Å². The number of hydrogen-bond acceptors (Lipinski definition) is 2. The Labute approximate surface area is 131 Å². The molecule has 3 unspecified atom stereocenters. The molecular formula is C18H21N3O. The van der Waals surface area contributed by atoms with Crippen molar-refractivity contribution in [3.05, 3.63) is 46.5 Å². The standard InChI is InChI=1S/C18H21N3O/c1-20-13-4-3-5-14(20)17-16(13)18-15(21(18)19-17)10-11-6-8-12(22-2)9-7-11/h6-9,13-14,18H,3-5,10H2,1-2H3. The molecule has 0 saturated carbocycles. The van der Waals surface area contributed by atoms with Crippen LogP contribution in [0.15, 0.2) is 35.5 Å². The van der Waals surface area contributed by atoms with Crippen molar-refractivity contribution < 1.29 is 9.42 Å². The molecule has 0 spiro atoms. The van der Waals surface area contributed by atoms with Gasteiger partial charge in [-0.25, -0.2) is 0 Å². The van der Waals surface area contributed by atoms with Gasteiger partial charge in [0.15, 0.2) is 0 Å². The maximum atomic E-state index is 5.23. The lowest BCUT2D eigenvalue weighted by Gasteiger charge is -2.35. The lowest BCUT2D eigenvalue weighted by molar-refractivity contribution is -0.399. The van der Waals surface area contributed by atoms with Crippen LogP contribution in [-0.4, -0.2) is 47.6 Å². The van der Waals surface area contributed by atoms with Crippen LogP contribution in [0.1, 0.15) is 24.8 Å². The predicted octanol–water partition coefficient (Wildman–Crippen LogP) is 2.50. The summed E-state index contributed by atoms with van der Waals surface area (Å²) in [6.45, 7) is 0. The highest BCUT2D eigenvalue weighted by molar-refractivity contribution is 5.98. The van der Waals surface area contributed by atoms with Crippen LogP contribution >= 0.6 is 0 Å². The molecule has 1 saturated heterocycles. The Morgan fingerprint density at radius 2 is 2.00 bits per heavy atom. The molecule has 3 atom stereocenters. The second-order valence-corrected chi connectivity index (χ2v) is 6.83. The molecule has 114 valence electrons. The third-order valence-electron chi connectivity index (χ3n) is 5.75. The zero-order valence-corrected chi connectivity index (χ0v) is 13.1. The summed E-state index contributed by atoms with van der Waals surface area (Å²) in [6, 6.07) is 10.1. The number of ether oxygens (including phenoxy) is 1. The van der Waals surface area contributed by atoms with E-state index in [0.29, 0.717) is 18.1 Å². The Morgan fingerprint density at radius 1 is 1.23 bits per heavy atom. The molecule has 0 N–H and O–H groups in total. The average Bonchev–Trinajstić information content (AvgIpc) is 3.01. The average molecular weight is 295 g/mol. The summed E-state index contributed by atoms with van der Waals surface area (Å²) < 4.78 is 7.50. The summed E-state index contributed by atoms with van der Waals surface area (Å²) in [6.07, 6.45) is 4.95. The fourth-order valence-corrected chi connectivity index (χ4v) is 4.55. The van der Waals surface area contributed by atoms with E-state index in [1.165, 1.54) is 36.2 Å². The van der Waals surface area contributed by atoms with Crippen molar-refractivity contribution in [3.8, 4) is 5.75 Å². The molecule has 4 aliphatic rings. The quantitative estimate of drug-likeness (QED) is 0.802. The Bertz CT molecular complexity index is 704. The Hall–Kier alpha value is -1.81. The molecule has 1 aromatic rings. The molecule has 4 heteroatoms. The van der Waals surface area contributed by atoms with Gasteiger partial charge >= 0.3 is 0 Å². The summed E-state index contributed by atoms with van der Waals surface area (Å²) in [5.41, 5.74) is 10.8. The Kier molecular flexibility index (Phi) is 2.51. The largest absolute Gasteiger partial charge is 0.497 e. The fraction of sp³-hybridized carbons (Fsp3) is 0.500. The first kappa shape index (κ1) is 12.7. The number of rotatable bonds is 3. The maximum absolute atomic E-state index is 5.23. The van der Waals surface area contributed by atoms with E-state index >= 15 is 0 Å². The zero-order chi connectivity index (χ0) is 14.8. The van der Waals surface area contributed by atoms with Gasteiger partial charge in [0, 0.05) is 17.7 Å². The molecule has 1 fully saturated rings. The lowest BCUT2D eigenvalue weighted by atomic mass is 9.96. The smallest absolute Gasteiger partial charge is 0.249 e. The highest BCUT2D eigenvalue weighted by atomic mass is 16.5. The van der Waals surface area contributed by atoms with Gasteiger partial charge < -0.3 is 10.2 Å². The van der Waals surface area contributed by atoms with E-state index in [9.17, 15) is 0 Å². The first-order chi connectivity index (χ1) is 10.8. The zero-order valence-electron chi connectivity index (χ0n) is 13.1. The van der Waals surface area contributed by atoms with Crippen molar-refractivity contribution in [1.29, 1.82) is 0 Å². The number of benzene rings is 1. The minimum Gasteiger partial charge on any atom is -0.497 e. The monoisotopic (exact) mass is 295 g/mol. The molecule has 0 amide bonds. The molecule has 4 heterocycles. The van der Waals surface area contributed by atoms with Gasteiger partial charge in [-0.2, -0.15) is 0 Å². The van der Waals surface area contributed by atoms with Gasteiger partial charge in [0.05, 0.1) is 13.5 Å². The second kappa shape index (κ2) is 4.35. The van der Waals surface area contributed by atoms with Crippen molar-refractivity contribution in [2.24, 2.45) is 0 Å².